The van der Waals surface area contributed by atoms with E-state index in [0.29, 0.717) is 44.2 Å². The van der Waals surface area contributed by atoms with Crippen molar-refractivity contribution in [2.24, 2.45) is 0 Å². The molecule has 2 amide bonds. The monoisotopic (exact) mass is 603 g/mol. The lowest BCUT2D eigenvalue weighted by molar-refractivity contribution is -0.146. The Kier molecular flexibility index (Phi) is 10.5. The number of carbonyl (C=O) groups excluding carboxylic acids is 2. The summed E-state index contributed by atoms with van der Waals surface area (Å²) in [6.45, 7) is 4.04. The molecule has 2 aromatic carbocycles. The van der Waals surface area contributed by atoms with Crippen LogP contribution in [-0.2, 0) is 20.9 Å². The molecule has 226 valence electrons. The van der Waals surface area contributed by atoms with Crippen molar-refractivity contribution in [2.75, 3.05) is 39.1 Å². The van der Waals surface area contributed by atoms with E-state index in [1.54, 1.807) is 25.1 Å². The maximum Gasteiger partial charge on any atom is 0.248 e. The molecule has 0 bridgehead atoms. The minimum Gasteiger partial charge on any atom is -0.497 e. The summed E-state index contributed by atoms with van der Waals surface area (Å²) >= 11 is 1.60. The Hall–Kier alpha value is -4.09. The number of unbranched alkanes of at least 4 members (excludes halogenated alkanes) is 1. The number of furan rings is 1. The van der Waals surface area contributed by atoms with Gasteiger partial charge in [-0.05, 0) is 61.7 Å². The summed E-state index contributed by atoms with van der Waals surface area (Å²) in [4.78, 5) is 29.4. The number of hydrogen-bond acceptors (Lipinski definition) is 8. The van der Waals surface area contributed by atoms with E-state index in [0.717, 1.165) is 40.8 Å². The van der Waals surface area contributed by atoms with E-state index in [9.17, 15) is 9.59 Å². The molecule has 1 atom stereocenters. The molecule has 4 aromatic rings. The van der Waals surface area contributed by atoms with Gasteiger partial charge in [-0.2, -0.15) is 0 Å². The number of nitrogens with zero attached hydrogens (tertiary/aromatic N) is 5. The highest BCUT2D eigenvalue weighted by Crippen LogP contribution is 2.29. The zero-order valence-electron chi connectivity index (χ0n) is 24.6. The van der Waals surface area contributed by atoms with Gasteiger partial charge in [-0.25, -0.2) is 0 Å². The maximum atomic E-state index is 13.0. The van der Waals surface area contributed by atoms with Gasteiger partial charge in [0.15, 0.2) is 10.9 Å². The highest BCUT2D eigenvalue weighted by atomic mass is 32.2. The Bertz CT molecular complexity index is 1460. The molecule has 0 N–H and O–H groups in total. The second-order valence-corrected chi connectivity index (χ2v) is 11.4. The lowest BCUT2D eigenvalue weighted by Gasteiger charge is -2.40. The van der Waals surface area contributed by atoms with Crippen LogP contribution >= 0.6 is 11.8 Å². The predicted octanol–water partition coefficient (Wildman–Crippen LogP) is 5.07. The Labute approximate surface area is 256 Å². The maximum absolute atomic E-state index is 13.0. The summed E-state index contributed by atoms with van der Waals surface area (Å²) in [5.74, 6) is 2.92. The largest absolute Gasteiger partial charge is 0.497 e. The third-order valence-electron chi connectivity index (χ3n) is 7.36. The summed E-state index contributed by atoms with van der Waals surface area (Å²) in [6, 6.07) is 21.2. The summed E-state index contributed by atoms with van der Waals surface area (Å²) < 4.78 is 18.5. The van der Waals surface area contributed by atoms with E-state index in [-0.39, 0.29) is 24.5 Å². The molecule has 0 spiro atoms. The van der Waals surface area contributed by atoms with Crippen LogP contribution in [0.5, 0.6) is 5.75 Å². The summed E-state index contributed by atoms with van der Waals surface area (Å²) in [7, 11) is 1.64. The number of methoxy groups -OCH3 is 1. The minimum atomic E-state index is -0.0474. The number of amides is 2. The summed E-state index contributed by atoms with van der Waals surface area (Å²) in [5.41, 5.74) is 1.94. The first-order chi connectivity index (χ1) is 21.0. The van der Waals surface area contributed by atoms with Gasteiger partial charge in [-0.15, -0.1) is 10.2 Å². The van der Waals surface area contributed by atoms with E-state index in [4.69, 9.17) is 13.9 Å². The number of rotatable bonds is 13. The van der Waals surface area contributed by atoms with Crippen LogP contribution in [0.15, 0.2) is 82.6 Å². The van der Waals surface area contributed by atoms with Crippen molar-refractivity contribution in [1.82, 2.24) is 24.6 Å². The lowest BCUT2D eigenvalue weighted by Crippen LogP contribution is -2.56. The fourth-order valence-electron chi connectivity index (χ4n) is 5.06. The molecule has 1 saturated heterocycles. The van der Waals surface area contributed by atoms with Gasteiger partial charge >= 0.3 is 0 Å². The van der Waals surface area contributed by atoms with Crippen molar-refractivity contribution in [3.63, 3.8) is 0 Å². The molecule has 0 radical (unpaired) electrons. The average Bonchev–Trinajstić information content (AvgIpc) is 3.72. The number of carbonyl (C=O) groups is 2. The topological polar surface area (TPSA) is 103 Å². The molecule has 3 heterocycles. The zero-order valence-corrected chi connectivity index (χ0v) is 25.4. The average molecular weight is 604 g/mol. The molecular formula is C32H37N5O5S. The van der Waals surface area contributed by atoms with Crippen LogP contribution in [0.3, 0.4) is 0 Å². The number of aromatic nitrogens is 3. The smallest absolute Gasteiger partial charge is 0.248 e. The van der Waals surface area contributed by atoms with Gasteiger partial charge in [0.05, 0.1) is 25.7 Å². The van der Waals surface area contributed by atoms with Gasteiger partial charge in [0.2, 0.25) is 17.6 Å². The molecule has 1 aliphatic heterocycles. The summed E-state index contributed by atoms with van der Waals surface area (Å²) in [5, 5.41) is 9.58. The molecule has 10 nitrogen and oxygen atoms in total. The predicted molar refractivity (Wildman–Crippen MR) is 164 cm³/mol. The molecule has 1 aliphatic rings. The minimum absolute atomic E-state index is 0.0368. The fourth-order valence-corrected chi connectivity index (χ4v) is 6.01. The van der Waals surface area contributed by atoms with E-state index in [2.05, 4.69) is 10.2 Å². The van der Waals surface area contributed by atoms with Gasteiger partial charge in [0.1, 0.15) is 12.4 Å². The van der Waals surface area contributed by atoms with Gasteiger partial charge in [0.25, 0.3) is 0 Å². The van der Waals surface area contributed by atoms with Crippen LogP contribution in [-0.4, -0.2) is 81.5 Å². The number of thioether (sulfide) groups is 1. The highest BCUT2D eigenvalue weighted by molar-refractivity contribution is 7.99. The normalized spacial score (nSPS) is 15.1. The second-order valence-electron chi connectivity index (χ2n) is 10.4. The van der Waals surface area contributed by atoms with Crippen LogP contribution in [0.1, 0.15) is 31.7 Å². The van der Waals surface area contributed by atoms with Gasteiger partial charge in [0, 0.05) is 37.8 Å². The SMILES string of the molecule is COc1ccc(-n2c(SCCCCC(=O)N3CCN(C(=O)COCc4ccccc4)C(C)C3)nnc2-c2ccco2)cc1. The van der Waals surface area contributed by atoms with E-state index in [1.165, 1.54) is 0 Å². The van der Waals surface area contributed by atoms with E-state index in [1.807, 2.05) is 88.0 Å². The van der Waals surface area contributed by atoms with Crippen molar-refractivity contribution in [3.8, 4) is 23.0 Å². The first-order valence-electron chi connectivity index (χ1n) is 14.5. The van der Waals surface area contributed by atoms with Crippen LogP contribution in [0.2, 0.25) is 0 Å². The van der Waals surface area contributed by atoms with E-state index >= 15 is 0 Å². The van der Waals surface area contributed by atoms with Crippen molar-refractivity contribution in [3.05, 3.63) is 78.6 Å². The molecule has 0 aliphatic carbocycles. The quantitative estimate of drug-likeness (QED) is 0.154. The third kappa shape index (κ3) is 7.85. The lowest BCUT2D eigenvalue weighted by atomic mass is 10.1. The van der Waals surface area contributed by atoms with Crippen LogP contribution in [0.25, 0.3) is 17.3 Å². The van der Waals surface area contributed by atoms with Gasteiger partial charge in [-0.3, -0.25) is 14.2 Å². The molecular weight excluding hydrogens is 566 g/mol. The molecule has 2 aromatic heterocycles. The van der Waals surface area contributed by atoms with Crippen LogP contribution < -0.4 is 4.74 Å². The fraction of sp³-hybridized carbons (Fsp3) is 0.375. The van der Waals surface area contributed by atoms with Gasteiger partial charge in [-0.1, -0.05) is 42.1 Å². The van der Waals surface area contributed by atoms with Crippen LogP contribution in [0, 0.1) is 0 Å². The van der Waals surface area contributed by atoms with Crippen molar-refractivity contribution >= 4 is 23.6 Å². The summed E-state index contributed by atoms with van der Waals surface area (Å²) in [6.07, 6.45) is 3.72. The number of benzene rings is 2. The molecule has 1 fully saturated rings. The number of piperazine rings is 1. The van der Waals surface area contributed by atoms with Crippen LogP contribution in [0.4, 0.5) is 0 Å². The van der Waals surface area contributed by atoms with Crippen molar-refractivity contribution in [2.45, 2.75) is 44.0 Å². The Morgan fingerprint density at radius 1 is 0.977 bits per heavy atom. The first-order valence-corrected chi connectivity index (χ1v) is 15.5. The number of ether oxygens (including phenoxy) is 2. The molecule has 43 heavy (non-hydrogen) atoms. The van der Waals surface area contributed by atoms with Gasteiger partial charge < -0.3 is 23.7 Å². The first kappa shape index (κ1) is 30.4. The van der Waals surface area contributed by atoms with E-state index < -0.39 is 0 Å². The molecule has 0 saturated carbocycles. The highest BCUT2D eigenvalue weighted by Gasteiger charge is 2.29. The Morgan fingerprint density at radius 3 is 2.51 bits per heavy atom. The standard InChI is InChI=1S/C32H37N5O5S/c1-24-21-35(17-18-36(24)30(39)23-41-22-25-9-4-3-5-10-25)29(38)12-6-7-20-43-32-34-33-31(28-11-8-19-42-28)37(32)26-13-15-27(40-2)16-14-26/h3-5,8-11,13-16,19,24H,6-7,12,17-18,20-23H2,1-2H3. The van der Waals surface area contributed by atoms with Crippen molar-refractivity contribution in [1.29, 1.82) is 0 Å². The molecule has 5 rings (SSSR count). The zero-order chi connectivity index (χ0) is 30.0. The number of hydrogen-bond donors (Lipinski definition) is 0. The van der Waals surface area contributed by atoms with Crippen molar-refractivity contribution < 1.29 is 23.5 Å². The second kappa shape index (κ2) is 14.9. The Morgan fingerprint density at radius 2 is 1.79 bits per heavy atom. The molecule has 1 unspecified atom stereocenters. The Balaban J connectivity index is 1.06. The third-order valence-corrected chi connectivity index (χ3v) is 8.37. The molecule has 11 heteroatoms.